The molecule has 2 aliphatic rings. The largest absolute Gasteiger partial charge is 0.416 e. The average Bonchev–Trinajstić information content (AvgIpc) is 3.17. The Labute approximate surface area is 190 Å². The second-order valence-electron chi connectivity index (χ2n) is 7.70. The first-order valence-corrected chi connectivity index (χ1v) is 10.7. The number of carbonyl (C=O) groups is 1. The Balaban J connectivity index is 1.53. The number of aromatic nitrogens is 2. The van der Waals surface area contributed by atoms with Crippen LogP contribution in [0.2, 0.25) is 0 Å². The van der Waals surface area contributed by atoms with Crippen LogP contribution in [-0.4, -0.2) is 35.1 Å². The van der Waals surface area contributed by atoms with Crippen LogP contribution in [0.4, 0.5) is 35.2 Å². The summed E-state index contributed by atoms with van der Waals surface area (Å²) in [5.41, 5.74) is 1.29. The van der Waals surface area contributed by atoms with Crippen molar-refractivity contribution in [3.05, 3.63) is 64.9 Å². The van der Waals surface area contributed by atoms with Gasteiger partial charge >= 0.3 is 12.2 Å². The highest BCUT2D eigenvalue weighted by atomic mass is 79.9. The smallest absolute Gasteiger partial charge is 0.366 e. The molecular formula is C22H17BrF3N5O. The standard InChI is InChI=1S/C22H17BrF3N5O/c23-15-9-16(11-27-10-15)28-21(32)31-17-6-7-30(12-17)19-5-4-18(29-20(19)31)13-2-1-3-14(8-13)22(24,25)26/h1-5,8-11,17H,6-7,12H2,(H,28,32)/t17-/m0/s1. The minimum Gasteiger partial charge on any atom is -0.366 e. The Bertz CT molecular complexity index is 1200. The van der Waals surface area contributed by atoms with E-state index in [2.05, 4.69) is 36.1 Å². The molecule has 1 N–H and O–H groups in total. The van der Waals surface area contributed by atoms with Crippen molar-refractivity contribution in [1.29, 1.82) is 0 Å². The predicted molar refractivity (Wildman–Crippen MR) is 119 cm³/mol. The van der Waals surface area contributed by atoms with Gasteiger partial charge in [-0.3, -0.25) is 9.88 Å². The van der Waals surface area contributed by atoms with E-state index in [1.165, 1.54) is 6.07 Å². The van der Waals surface area contributed by atoms with Gasteiger partial charge < -0.3 is 10.2 Å². The van der Waals surface area contributed by atoms with Crippen molar-refractivity contribution in [3.8, 4) is 11.3 Å². The number of pyridine rings is 2. The molecule has 3 aromatic rings. The lowest BCUT2D eigenvalue weighted by Crippen LogP contribution is -2.48. The third-order valence-electron chi connectivity index (χ3n) is 5.61. The number of nitrogens with zero attached hydrogens (tertiary/aromatic N) is 4. The first-order chi connectivity index (χ1) is 15.3. The number of benzene rings is 1. The Morgan fingerprint density at radius 3 is 2.78 bits per heavy atom. The number of alkyl halides is 3. The zero-order chi connectivity index (χ0) is 22.5. The third-order valence-corrected chi connectivity index (χ3v) is 6.05. The first kappa shape index (κ1) is 20.7. The molecule has 0 radical (unpaired) electrons. The molecule has 164 valence electrons. The molecule has 0 unspecified atom stereocenters. The number of rotatable bonds is 2. The molecule has 1 saturated heterocycles. The molecule has 2 aliphatic heterocycles. The quantitative estimate of drug-likeness (QED) is 0.497. The SMILES string of the molecule is O=C(Nc1cncc(Br)c1)N1c2nc(-c3cccc(C(F)(F)F)c3)ccc2N2CC[C@H]1C2. The van der Waals surface area contributed by atoms with Gasteiger partial charge in [0.05, 0.1) is 34.9 Å². The number of anilines is 3. The molecule has 1 fully saturated rings. The average molecular weight is 504 g/mol. The van der Waals surface area contributed by atoms with Gasteiger partial charge in [0.15, 0.2) is 5.82 Å². The maximum Gasteiger partial charge on any atom is 0.416 e. The van der Waals surface area contributed by atoms with Gasteiger partial charge in [-0.25, -0.2) is 9.78 Å². The van der Waals surface area contributed by atoms with E-state index < -0.39 is 11.7 Å². The molecule has 0 aliphatic carbocycles. The van der Waals surface area contributed by atoms with Crippen molar-refractivity contribution >= 4 is 39.2 Å². The maximum atomic E-state index is 13.2. The number of urea groups is 1. The van der Waals surface area contributed by atoms with Gasteiger partial charge in [0.1, 0.15) is 0 Å². The Hall–Kier alpha value is -3.14. The topological polar surface area (TPSA) is 61.4 Å². The van der Waals surface area contributed by atoms with Crippen LogP contribution >= 0.6 is 15.9 Å². The van der Waals surface area contributed by atoms with Gasteiger partial charge in [-0.1, -0.05) is 12.1 Å². The van der Waals surface area contributed by atoms with E-state index in [4.69, 9.17) is 0 Å². The first-order valence-electron chi connectivity index (χ1n) is 9.94. The van der Waals surface area contributed by atoms with Gasteiger partial charge in [-0.15, -0.1) is 0 Å². The second-order valence-corrected chi connectivity index (χ2v) is 8.61. The third kappa shape index (κ3) is 3.79. The summed E-state index contributed by atoms with van der Waals surface area (Å²) in [6.45, 7) is 1.46. The lowest BCUT2D eigenvalue weighted by Gasteiger charge is -2.36. The van der Waals surface area contributed by atoms with E-state index in [-0.39, 0.29) is 12.1 Å². The summed E-state index contributed by atoms with van der Waals surface area (Å²) < 4.78 is 40.3. The summed E-state index contributed by atoms with van der Waals surface area (Å²) in [6, 6.07) is 9.86. The van der Waals surface area contributed by atoms with Crippen molar-refractivity contribution < 1.29 is 18.0 Å². The molecule has 4 heterocycles. The summed E-state index contributed by atoms with van der Waals surface area (Å²) in [5, 5.41) is 2.85. The summed E-state index contributed by atoms with van der Waals surface area (Å²) in [4.78, 5) is 25.7. The molecule has 10 heteroatoms. The van der Waals surface area contributed by atoms with Gasteiger partial charge in [-0.05, 0) is 52.7 Å². The van der Waals surface area contributed by atoms with E-state index in [9.17, 15) is 18.0 Å². The van der Waals surface area contributed by atoms with E-state index in [1.54, 1.807) is 35.5 Å². The molecule has 6 nitrogen and oxygen atoms in total. The summed E-state index contributed by atoms with van der Waals surface area (Å²) in [7, 11) is 0. The zero-order valence-corrected chi connectivity index (χ0v) is 18.2. The molecule has 2 aromatic heterocycles. The number of hydrogen-bond acceptors (Lipinski definition) is 4. The molecule has 1 atom stereocenters. The fraction of sp³-hybridized carbons (Fsp3) is 0.227. The predicted octanol–water partition coefficient (Wildman–Crippen LogP) is 5.56. The van der Waals surface area contributed by atoms with Crippen LogP contribution in [0.5, 0.6) is 0 Å². The number of halogens is 4. The molecule has 2 bridgehead atoms. The number of carbonyl (C=O) groups excluding carboxylic acids is 1. The van der Waals surface area contributed by atoms with Crippen LogP contribution in [-0.2, 0) is 6.18 Å². The number of fused-ring (bicyclic) bond motifs is 4. The molecule has 32 heavy (non-hydrogen) atoms. The molecule has 1 aromatic carbocycles. The van der Waals surface area contributed by atoms with Crippen molar-refractivity contribution in [3.63, 3.8) is 0 Å². The minimum atomic E-state index is -4.45. The Morgan fingerprint density at radius 1 is 1.16 bits per heavy atom. The van der Waals surface area contributed by atoms with Gasteiger partial charge in [0.2, 0.25) is 0 Å². The highest BCUT2D eigenvalue weighted by molar-refractivity contribution is 9.10. The fourth-order valence-corrected chi connectivity index (χ4v) is 4.52. The molecule has 5 rings (SSSR count). The van der Waals surface area contributed by atoms with E-state index in [0.717, 1.165) is 35.3 Å². The summed E-state index contributed by atoms with van der Waals surface area (Å²) in [6.07, 6.45) is -0.511. The monoisotopic (exact) mass is 503 g/mol. The Morgan fingerprint density at radius 2 is 2.00 bits per heavy atom. The second kappa shape index (κ2) is 7.77. The van der Waals surface area contributed by atoms with Crippen molar-refractivity contribution in [1.82, 2.24) is 9.97 Å². The van der Waals surface area contributed by atoms with E-state index >= 15 is 0 Å². The van der Waals surface area contributed by atoms with Crippen LogP contribution in [0.3, 0.4) is 0 Å². The highest BCUT2D eigenvalue weighted by Crippen LogP contribution is 2.41. The molecular weight excluding hydrogens is 487 g/mol. The lowest BCUT2D eigenvalue weighted by atomic mass is 10.1. The molecule has 0 spiro atoms. The number of amides is 2. The van der Waals surface area contributed by atoms with E-state index in [1.807, 2.05) is 6.07 Å². The van der Waals surface area contributed by atoms with Crippen LogP contribution in [0, 0.1) is 0 Å². The van der Waals surface area contributed by atoms with Crippen molar-refractivity contribution in [2.75, 3.05) is 28.2 Å². The summed E-state index contributed by atoms with van der Waals surface area (Å²) in [5.74, 6) is 0.439. The van der Waals surface area contributed by atoms with Crippen LogP contribution in [0.15, 0.2) is 59.3 Å². The van der Waals surface area contributed by atoms with Gasteiger partial charge in [0.25, 0.3) is 0 Å². The minimum absolute atomic E-state index is 0.0770. The normalized spacial score (nSPS) is 17.3. The van der Waals surface area contributed by atoms with Crippen molar-refractivity contribution in [2.45, 2.75) is 18.6 Å². The maximum absolute atomic E-state index is 13.2. The lowest BCUT2D eigenvalue weighted by molar-refractivity contribution is -0.137. The van der Waals surface area contributed by atoms with Crippen LogP contribution in [0.25, 0.3) is 11.3 Å². The van der Waals surface area contributed by atoms with Crippen LogP contribution < -0.4 is 15.1 Å². The van der Waals surface area contributed by atoms with Gasteiger partial charge in [-0.2, -0.15) is 13.2 Å². The highest BCUT2D eigenvalue weighted by Gasteiger charge is 2.40. The van der Waals surface area contributed by atoms with Gasteiger partial charge in [0, 0.05) is 29.3 Å². The fourth-order valence-electron chi connectivity index (χ4n) is 4.15. The Kier molecular flexibility index (Phi) is 5.04. The van der Waals surface area contributed by atoms with Crippen LogP contribution in [0.1, 0.15) is 12.0 Å². The van der Waals surface area contributed by atoms with E-state index in [0.29, 0.717) is 29.3 Å². The molecule has 0 saturated carbocycles. The van der Waals surface area contributed by atoms with Crippen molar-refractivity contribution in [2.24, 2.45) is 0 Å². The number of hydrogen-bond donors (Lipinski definition) is 1. The zero-order valence-electron chi connectivity index (χ0n) is 16.6. The number of nitrogens with one attached hydrogen (secondary N) is 1. The summed E-state index contributed by atoms with van der Waals surface area (Å²) >= 11 is 3.33. The molecule has 2 amide bonds.